The first-order chi connectivity index (χ1) is 8.63. The fraction of sp³-hybridized carbons (Fsp3) is 0.286. The van der Waals surface area contributed by atoms with Crippen LogP contribution in [-0.4, -0.2) is 21.9 Å². The van der Waals surface area contributed by atoms with Gasteiger partial charge >= 0.3 is 0 Å². The standard InChI is InChI=1S/C14H16N2O2/c1-4-18-12-6-5-11(9-10(12)2)13(17)14-15-7-8-16(14)3/h5-9H,4H2,1-3H3. The first kappa shape index (κ1) is 12.4. The molecule has 0 unspecified atom stereocenters. The molecule has 0 fully saturated rings. The Kier molecular flexibility index (Phi) is 3.46. The van der Waals surface area contributed by atoms with Crippen molar-refractivity contribution in [2.75, 3.05) is 6.61 Å². The second-order valence-corrected chi connectivity index (χ2v) is 4.10. The van der Waals surface area contributed by atoms with Gasteiger partial charge in [0.1, 0.15) is 5.75 Å². The minimum absolute atomic E-state index is 0.0753. The average Bonchev–Trinajstić information content (AvgIpc) is 2.77. The van der Waals surface area contributed by atoms with Crippen molar-refractivity contribution in [1.29, 1.82) is 0 Å². The zero-order valence-corrected chi connectivity index (χ0v) is 10.8. The lowest BCUT2D eigenvalue weighted by molar-refractivity contribution is 0.102. The second kappa shape index (κ2) is 5.04. The summed E-state index contributed by atoms with van der Waals surface area (Å²) < 4.78 is 7.17. The molecule has 0 aliphatic heterocycles. The molecule has 94 valence electrons. The molecule has 4 nitrogen and oxygen atoms in total. The van der Waals surface area contributed by atoms with E-state index in [-0.39, 0.29) is 5.78 Å². The maximum absolute atomic E-state index is 12.2. The number of hydrogen-bond donors (Lipinski definition) is 0. The topological polar surface area (TPSA) is 44.1 Å². The predicted molar refractivity (Wildman–Crippen MR) is 69.0 cm³/mol. The fourth-order valence-corrected chi connectivity index (χ4v) is 1.82. The first-order valence-corrected chi connectivity index (χ1v) is 5.89. The highest BCUT2D eigenvalue weighted by Crippen LogP contribution is 2.20. The minimum atomic E-state index is -0.0753. The van der Waals surface area contributed by atoms with Gasteiger partial charge in [-0.05, 0) is 37.6 Å². The smallest absolute Gasteiger partial charge is 0.228 e. The van der Waals surface area contributed by atoms with Crippen LogP contribution in [0.15, 0.2) is 30.6 Å². The van der Waals surface area contributed by atoms with Crippen LogP contribution in [-0.2, 0) is 7.05 Å². The van der Waals surface area contributed by atoms with Gasteiger partial charge in [-0.25, -0.2) is 4.98 Å². The van der Waals surface area contributed by atoms with Crippen LogP contribution in [0.5, 0.6) is 5.75 Å². The molecule has 0 spiro atoms. The van der Waals surface area contributed by atoms with Crippen molar-refractivity contribution < 1.29 is 9.53 Å². The molecule has 1 heterocycles. The van der Waals surface area contributed by atoms with Crippen molar-refractivity contribution in [1.82, 2.24) is 9.55 Å². The predicted octanol–water partition coefficient (Wildman–Crippen LogP) is 2.36. The molecule has 0 radical (unpaired) electrons. The summed E-state index contributed by atoms with van der Waals surface area (Å²) >= 11 is 0. The highest BCUT2D eigenvalue weighted by Gasteiger charge is 2.14. The van der Waals surface area contributed by atoms with Crippen LogP contribution in [0.3, 0.4) is 0 Å². The molecule has 0 amide bonds. The maximum Gasteiger partial charge on any atom is 0.228 e. The van der Waals surface area contributed by atoms with Gasteiger partial charge < -0.3 is 9.30 Å². The Morgan fingerprint density at radius 3 is 2.78 bits per heavy atom. The molecule has 0 aliphatic carbocycles. The third-order valence-corrected chi connectivity index (χ3v) is 2.76. The maximum atomic E-state index is 12.2. The molecule has 0 bridgehead atoms. The van der Waals surface area contributed by atoms with Gasteiger partial charge in [-0.3, -0.25) is 4.79 Å². The third kappa shape index (κ3) is 2.27. The fourth-order valence-electron chi connectivity index (χ4n) is 1.82. The van der Waals surface area contributed by atoms with Gasteiger partial charge in [-0.2, -0.15) is 0 Å². The molecule has 0 saturated carbocycles. The number of ketones is 1. The SMILES string of the molecule is CCOc1ccc(C(=O)c2nccn2C)cc1C. The number of benzene rings is 1. The van der Waals surface area contributed by atoms with Gasteiger partial charge in [-0.15, -0.1) is 0 Å². The zero-order valence-electron chi connectivity index (χ0n) is 10.8. The van der Waals surface area contributed by atoms with Crippen LogP contribution < -0.4 is 4.74 Å². The van der Waals surface area contributed by atoms with E-state index < -0.39 is 0 Å². The highest BCUT2D eigenvalue weighted by atomic mass is 16.5. The second-order valence-electron chi connectivity index (χ2n) is 4.10. The number of hydrogen-bond acceptors (Lipinski definition) is 3. The number of imidazole rings is 1. The molecule has 0 saturated heterocycles. The van der Waals surface area contributed by atoms with E-state index in [9.17, 15) is 4.79 Å². The molecular formula is C14H16N2O2. The van der Waals surface area contributed by atoms with Gasteiger partial charge in [0.05, 0.1) is 6.61 Å². The highest BCUT2D eigenvalue weighted by molar-refractivity contribution is 6.06. The van der Waals surface area contributed by atoms with E-state index in [1.165, 1.54) is 0 Å². The molecule has 1 aromatic heterocycles. The van der Waals surface area contributed by atoms with Crippen LogP contribution in [0.1, 0.15) is 28.7 Å². The monoisotopic (exact) mass is 244 g/mol. The normalized spacial score (nSPS) is 10.4. The summed E-state index contributed by atoms with van der Waals surface area (Å²) in [6.07, 6.45) is 3.38. The summed E-state index contributed by atoms with van der Waals surface area (Å²) in [5.74, 6) is 1.18. The van der Waals surface area contributed by atoms with Gasteiger partial charge in [0.25, 0.3) is 0 Å². The number of ether oxygens (including phenoxy) is 1. The summed E-state index contributed by atoms with van der Waals surface area (Å²) in [7, 11) is 1.81. The van der Waals surface area contributed by atoms with Crippen molar-refractivity contribution in [3.63, 3.8) is 0 Å². The van der Waals surface area contributed by atoms with E-state index in [0.717, 1.165) is 11.3 Å². The van der Waals surface area contributed by atoms with Gasteiger partial charge in [0.15, 0.2) is 5.82 Å². The number of nitrogens with zero attached hydrogens (tertiary/aromatic N) is 2. The quantitative estimate of drug-likeness (QED) is 0.775. The molecule has 1 aromatic carbocycles. The summed E-state index contributed by atoms with van der Waals surface area (Å²) in [4.78, 5) is 16.3. The van der Waals surface area contributed by atoms with Crippen molar-refractivity contribution in [2.45, 2.75) is 13.8 Å². The Bertz CT molecular complexity index is 573. The van der Waals surface area contributed by atoms with E-state index in [0.29, 0.717) is 18.0 Å². The summed E-state index contributed by atoms with van der Waals surface area (Å²) in [5.41, 5.74) is 1.59. The van der Waals surface area contributed by atoms with Crippen LogP contribution in [0, 0.1) is 6.92 Å². The van der Waals surface area contributed by atoms with Crippen molar-refractivity contribution >= 4 is 5.78 Å². The number of carbonyl (C=O) groups excluding carboxylic acids is 1. The molecular weight excluding hydrogens is 228 g/mol. The lowest BCUT2D eigenvalue weighted by atomic mass is 10.1. The van der Waals surface area contributed by atoms with Gasteiger partial charge in [0.2, 0.25) is 5.78 Å². The molecule has 0 aliphatic rings. The molecule has 2 rings (SSSR count). The number of aryl methyl sites for hydroxylation is 2. The summed E-state index contributed by atoms with van der Waals surface area (Å²) in [6.45, 7) is 4.49. The average molecular weight is 244 g/mol. The van der Waals surface area contributed by atoms with Crippen LogP contribution in [0.2, 0.25) is 0 Å². The molecule has 0 atom stereocenters. The Hall–Kier alpha value is -2.10. The third-order valence-electron chi connectivity index (χ3n) is 2.76. The van der Waals surface area contributed by atoms with E-state index in [1.807, 2.05) is 33.0 Å². The summed E-state index contributed by atoms with van der Waals surface area (Å²) in [6, 6.07) is 5.44. The largest absolute Gasteiger partial charge is 0.494 e. The Balaban J connectivity index is 2.32. The lowest BCUT2D eigenvalue weighted by Gasteiger charge is -2.08. The molecule has 2 aromatic rings. The van der Waals surface area contributed by atoms with Crippen molar-refractivity contribution in [3.8, 4) is 5.75 Å². The van der Waals surface area contributed by atoms with E-state index >= 15 is 0 Å². The molecule has 4 heteroatoms. The zero-order chi connectivity index (χ0) is 13.1. The van der Waals surface area contributed by atoms with Gasteiger partial charge in [0, 0.05) is 25.0 Å². The number of carbonyl (C=O) groups is 1. The van der Waals surface area contributed by atoms with Crippen LogP contribution in [0.25, 0.3) is 0 Å². The number of aromatic nitrogens is 2. The van der Waals surface area contributed by atoms with Crippen molar-refractivity contribution in [2.24, 2.45) is 7.05 Å². The van der Waals surface area contributed by atoms with Crippen molar-refractivity contribution in [3.05, 3.63) is 47.5 Å². The summed E-state index contributed by atoms with van der Waals surface area (Å²) in [5, 5.41) is 0. The van der Waals surface area contributed by atoms with Crippen LogP contribution >= 0.6 is 0 Å². The van der Waals surface area contributed by atoms with E-state index in [1.54, 1.807) is 23.0 Å². The van der Waals surface area contributed by atoms with Gasteiger partial charge in [-0.1, -0.05) is 0 Å². The van der Waals surface area contributed by atoms with Crippen LogP contribution in [0.4, 0.5) is 0 Å². The Morgan fingerprint density at radius 2 is 2.22 bits per heavy atom. The Labute approximate surface area is 106 Å². The molecule has 18 heavy (non-hydrogen) atoms. The van der Waals surface area contributed by atoms with E-state index in [2.05, 4.69) is 4.98 Å². The molecule has 0 N–H and O–H groups in total. The Morgan fingerprint density at radius 1 is 1.44 bits per heavy atom. The number of rotatable bonds is 4. The minimum Gasteiger partial charge on any atom is -0.494 e. The van der Waals surface area contributed by atoms with E-state index in [4.69, 9.17) is 4.74 Å². The first-order valence-electron chi connectivity index (χ1n) is 5.89. The lowest BCUT2D eigenvalue weighted by Crippen LogP contribution is -2.09.